The summed E-state index contributed by atoms with van der Waals surface area (Å²) < 4.78 is 24.4. The lowest BCUT2D eigenvalue weighted by Crippen LogP contribution is -2.45. The van der Waals surface area contributed by atoms with Crippen molar-refractivity contribution in [1.82, 2.24) is 10.2 Å². The molecule has 1 fully saturated rings. The molecule has 22 heavy (non-hydrogen) atoms. The Labute approximate surface area is 135 Å². The molecule has 0 spiro atoms. The lowest BCUT2D eigenvalue weighted by atomic mass is 10.0. The van der Waals surface area contributed by atoms with Crippen LogP contribution in [-0.2, 0) is 0 Å². The van der Waals surface area contributed by atoms with Gasteiger partial charge >= 0.3 is 0 Å². The summed E-state index contributed by atoms with van der Waals surface area (Å²) >= 11 is 0. The van der Waals surface area contributed by atoms with E-state index in [-0.39, 0.29) is 24.3 Å². The Morgan fingerprint density at radius 2 is 2.05 bits per heavy atom. The maximum Gasteiger partial charge on any atom is 0.127 e. The van der Waals surface area contributed by atoms with Crippen LogP contribution in [0.4, 0.5) is 4.39 Å². The third-order valence-corrected chi connectivity index (χ3v) is 3.82. The zero-order chi connectivity index (χ0) is 14.7. The van der Waals surface area contributed by atoms with E-state index in [2.05, 4.69) is 10.2 Å². The van der Waals surface area contributed by atoms with Gasteiger partial charge in [-0.25, -0.2) is 4.39 Å². The molecule has 2 aromatic rings. The van der Waals surface area contributed by atoms with Crippen molar-refractivity contribution in [3.63, 3.8) is 0 Å². The monoisotopic (exact) mass is 326 g/mol. The molecule has 1 aliphatic rings. The first-order valence-electron chi connectivity index (χ1n) is 7.11. The third kappa shape index (κ3) is 3.43. The molecule has 1 saturated heterocycles. The Hall–Kier alpha value is -1.56. The maximum atomic E-state index is 13.5. The second-order valence-corrected chi connectivity index (χ2v) is 5.09. The van der Waals surface area contributed by atoms with Gasteiger partial charge in [-0.15, -0.1) is 12.4 Å². The molecule has 4 nitrogen and oxygen atoms in total. The number of nitrogens with one attached hydrogen (secondary N) is 1. The number of piperazine rings is 1. The first-order valence-corrected chi connectivity index (χ1v) is 7.11. The zero-order valence-corrected chi connectivity index (χ0v) is 13.2. The van der Waals surface area contributed by atoms with Gasteiger partial charge in [0.25, 0.3) is 0 Å². The SMILES string of the molecule is COc1cc(F)ccc1[C@H](c1ccco1)N1CCNCC1.Cl. The first kappa shape index (κ1) is 16.8. The molecule has 3 rings (SSSR count). The highest BCUT2D eigenvalue weighted by molar-refractivity contribution is 5.85. The van der Waals surface area contributed by atoms with Crippen LogP contribution in [-0.4, -0.2) is 38.2 Å². The van der Waals surface area contributed by atoms with Crippen LogP contribution in [0.5, 0.6) is 5.75 Å². The normalized spacial score (nSPS) is 16.8. The van der Waals surface area contributed by atoms with Crippen molar-refractivity contribution >= 4 is 12.4 Å². The Morgan fingerprint density at radius 3 is 2.68 bits per heavy atom. The molecule has 1 atom stereocenters. The number of hydrogen-bond acceptors (Lipinski definition) is 4. The fraction of sp³-hybridized carbons (Fsp3) is 0.375. The van der Waals surface area contributed by atoms with Gasteiger partial charge in [0, 0.05) is 37.8 Å². The van der Waals surface area contributed by atoms with Crippen molar-refractivity contribution in [2.75, 3.05) is 33.3 Å². The number of furan rings is 1. The van der Waals surface area contributed by atoms with Crippen molar-refractivity contribution in [2.24, 2.45) is 0 Å². The van der Waals surface area contributed by atoms with Crippen LogP contribution in [0.15, 0.2) is 41.0 Å². The van der Waals surface area contributed by atoms with Gasteiger partial charge in [0.15, 0.2) is 0 Å². The molecule has 1 aromatic heterocycles. The number of methoxy groups -OCH3 is 1. The smallest absolute Gasteiger partial charge is 0.127 e. The molecular weight excluding hydrogens is 307 g/mol. The molecule has 0 amide bonds. The largest absolute Gasteiger partial charge is 0.496 e. The van der Waals surface area contributed by atoms with E-state index < -0.39 is 0 Å². The van der Waals surface area contributed by atoms with E-state index in [9.17, 15) is 4.39 Å². The second-order valence-electron chi connectivity index (χ2n) is 5.09. The van der Waals surface area contributed by atoms with Gasteiger partial charge in [-0.3, -0.25) is 4.90 Å². The molecule has 1 N–H and O–H groups in total. The summed E-state index contributed by atoms with van der Waals surface area (Å²) in [4.78, 5) is 2.32. The summed E-state index contributed by atoms with van der Waals surface area (Å²) in [7, 11) is 1.56. The van der Waals surface area contributed by atoms with E-state index in [0.717, 1.165) is 37.5 Å². The molecule has 1 aromatic carbocycles. The minimum Gasteiger partial charge on any atom is -0.496 e. The molecule has 0 bridgehead atoms. The second kappa shape index (κ2) is 7.63. The number of rotatable bonds is 4. The fourth-order valence-electron chi connectivity index (χ4n) is 2.83. The van der Waals surface area contributed by atoms with Crippen LogP contribution >= 0.6 is 12.4 Å². The van der Waals surface area contributed by atoms with Crippen molar-refractivity contribution in [3.05, 3.63) is 53.7 Å². The number of benzene rings is 1. The summed E-state index contributed by atoms with van der Waals surface area (Å²) in [6.45, 7) is 3.68. The van der Waals surface area contributed by atoms with Crippen molar-refractivity contribution < 1.29 is 13.5 Å². The average molecular weight is 327 g/mol. The van der Waals surface area contributed by atoms with E-state index in [1.807, 2.05) is 12.1 Å². The maximum absolute atomic E-state index is 13.5. The Bertz CT molecular complexity index is 586. The minimum atomic E-state index is -0.297. The lowest BCUT2D eigenvalue weighted by Gasteiger charge is -2.34. The van der Waals surface area contributed by atoms with E-state index in [4.69, 9.17) is 9.15 Å². The number of nitrogens with zero attached hydrogens (tertiary/aromatic N) is 1. The van der Waals surface area contributed by atoms with Crippen LogP contribution in [0.2, 0.25) is 0 Å². The highest BCUT2D eigenvalue weighted by atomic mass is 35.5. The van der Waals surface area contributed by atoms with Gasteiger partial charge in [-0.05, 0) is 18.2 Å². The van der Waals surface area contributed by atoms with E-state index in [1.54, 1.807) is 19.4 Å². The molecule has 0 saturated carbocycles. The lowest BCUT2D eigenvalue weighted by molar-refractivity contribution is 0.177. The van der Waals surface area contributed by atoms with Gasteiger partial charge < -0.3 is 14.5 Å². The van der Waals surface area contributed by atoms with Gasteiger partial charge in [-0.1, -0.05) is 6.07 Å². The highest BCUT2D eigenvalue weighted by Crippen LogP contribution is 2.35. The van der Waals surface area contributed by atoms with Crippen LogP contribution < -0.4 is 10.1 Å². The van der Waals surface area contributed by atoms with E-state index >= 15 is 0 Å². The quantitative estimate of drug-likeness (QED) is 0.937. The molecule has 2 heterocycles. The Balaban J connectivity index is 0.00000176. The molecule has 1 aliphatic heterocycles. The van der Waals surface area contributed by atoms with Crippen molar-refractivity contribution in [2.45, 2.75) is 6.04 Å². The van der Waals surface area contributed by atoms with E-state index in [0.29, 0.717) is 5.75 Å². The van der Waals surface area contributed by atoms with Crippen LogP contribution in [0, 0.1) is 5.82 Å². The van der Waals surface area contributed by atoms with Gasteiger partial charge in [0.1, 0.15) is 17.3 Å². The summed E-state index contributed by atoms with van der Waals surface area (Å²) in [5.41, 5.74) is 0.927. The van der Waals surface area contributed by atoms with Crippen molar-refractivity contribution in [1.29, 1.82) is 0 Å². The molecular formula is C16H20ClFN2O2. The number of ether oxygens (including phenoxy) is 1. The first-order chi connectivity index (χ1) is 10.3. The Kier molecular flexibility index (Phi) is 5.83. The average Bonchev–Trinajstić information content (AvgIpc) is 3.04. The summed E-state index contributed by atoms with van der Waals surface area (Å²) in [5.74, 6) is 1.10. The predicted octanol–water partition coefficient (Wildman–Crippen LogP) is 2.84. The summed E-state index contributed by atoms with van der Waals surface area (Å²) in [5, 5.41) is 3.34. The zero-order valence-electron chi connectivity index (χ0n) is 12.4. The summed E-state index contributed by atoms with van der Waals surface area (Å²) in [6.07, 6.45) is 1.67. The van der Waals surface area contributed by atoms with E-state index in [1.165, 1.54) is 12.1 Å². The number of halogens is 2. The number of hydrogen-bond donors (Lipinski definition) is 1. The highest BCUT2D eigenvalue weighted by Gasteiger charge is 2.28. The van der Waals surface area contributed by atoms with Gasteiger partial charge in [-0.2, -0.15) is 0 Å². The molecule has 0 radical (unpaired) electrons. The molecule has 120 valence electrons. The van der Waals surface area contributed by atoms with Crippen LogP contribution in [0.25, 0.3) is 0 Å². The minimum absolute atomic E-state index is 0. The van der Waals surface area contributed by atoms with Crippen LogP contribution in [0.3, 0.4) is 0 Å². The van der Waals surface area contributed by atoms with Gasteiger partial charge in [0.05, 0.1) is 19.4 Å². The fourth-order valence-corrected chi connectivity index (χ4v) is 2.83. The standard InChI is InChI=1S/C16H19FN2O2.ClH/c1-20-15-11-12(17)4-5-13(15)16(14-3-2-10-21-14)19-8-6-18-7-9-19;/h2-5,10-11,16,18H,6-9H2,1H3;1H/t16-;/m1./s1. The molecule has 0 unspecified atom stereocenters. The summed E-state index contributed by atoms with van der Waals surface area (Å²) in [6, 6.07) is 8.45. The Morgan fingerprint density at radius 1 is 1.27 bits per heavy atom. The predicted molar refractivity (Wildman–Crippen MR) is 85.2 cm³/mol. The molecule has 6 heteroatoms. The topological polar surface area (TPSA) is 37.6 Å². The van der Waals surface area contributed by atoms with Crippen molar-refractivity contribution in [3.8, 4) is 5.75 Å². The van der Waals surface area contributed by atoms with Gasteiger partial charge in [0.2, 0.25) is 0 Å². The third-order valence-electron chi connectivity index (χ3n) is 3.82. The molecule has 0 aliphatic carbocycles. The van der Waals surface area contributed by atoms with Crippen LogP contribution in [0.1, 0.15) is 17.4 Å².